The topological polar surface area (TPSA) is 6.48 Å². The molecule has 8 atom stereocenters. The Kier molecular flexibility index (Phi) is 2.10. The van der Waals surface area contributed by atoms with Crippen molar-refractivity contribution in [1.29, 1.82) is 0 Å². The second kappa shape index (κ2) is 3.72. The maximum absolute atomic E-state index is 2.97. The summed E-state index contributed by atoms with van der Waals surface area (Å²) in [5.41, 5.74) is 3.71. The van der Waals surface area contributed by atoms with E-state index >= 15 is 0 Å². The number of benzene rings is 1. The molecule has 22 heavy (non-hydrogen) atoms. The average Bonchev–Trinajstić information content (AvgIpc) is 3.00. The van der Waals surface area contributed by atoms with E-state index in [-0.39, 0.29) is 0 Å². The van der Waals surface area contributed by atoms with Gasteiger partial charge >= 0.3 is 0 Å². The van der Waals surface area contributed by atoms with Crippen molar-refractivity contribution in [3.8, 4) is 0 Å². The molecule has 1 aromatic rings. The van der Waals surface area contributed by atoms with Gasteiger partial charge in [-0.15, -0.1) is 0 Å². The summed E-state index contributed by atoms with van der Waals surface area (Å²) in [6, 6.07) is 11.8. The lowest BCUT2D eigenvalue weighted by molar-refractivity contribution is -0.0922. The molecule has 5 bridgehead atoms. The molecule has 4 saturated heterocycles. The molecule has 1 saturated carbocycles. The van der Waals surface area contributed by atoms with Gasteiger partial charge in [0.1, 0.15) is 0 Å². The number of para-hydroxylation sites is 1. The van der Waals surface area contributed by atoms with E-state index < -0.39 is 0 Å². The lowest BCUT2D eigenvalue weighted by Crippen LogP contribution is -2.69. The number of fused-ring (bicyclic) bond motifs is 2. The highest BCUT2D eigenvalue weighted by atomic mass is 15.3. The first kappa shape index (κ1) is 12.4. The van der Waals surface area contributed by atoms with Gasteiger partial charge in [-0.1, -0.05) is 31.5 Å². The minimum atomic E-state index is 0.485. The van der Waals surface area contributed by atoms with Crippen molar-refractivity contribution in [3.63, 3.8) is 0 Å². The highest BCUT2D eigenvalue weighted by Crippen LogP contribution is 2.68. The van der Waals surface area contributed by atoms with Gasteiger partial charge in [0.05, 0.1) is 6.04 Å². The van der Waals surface area contributed by atoms with Gasteiger partial charge in [0, 0.05) is 36.8 Å². The molecule has 5 fully saturated rings. The molecule has 1 aliphatic carbocycles. The predicted octanol–water partition coefficient (Wildman–Crippen LogP) is 3.27. The van der Waals surface area contributed by atoms with Crippen LogP contribution in [0.25, 0.3) is 0 Å². The van der Waals surface area contributed by atoms with Gasteiger partial charge in [-0.25, -0.2) is 0 Å². The summed E-state index contributed by atoms with van der Waals surface area (Å²) < 4.78 is 0. The third kappa shape index (κ3) is 1.12. The predicted molar refractivity (Wildman–Crippen MR) is 89.2 cm³/mol. The Morgan fingerprint density at radius 3 is 2.86 bits per heavy atom. The molecule has 5 aliphatic heterocycles. The van der Waals surface area contributed by atoms with Crippen LogP contribution < -0.4 is 4.90 Å². The summed E-state index contributed by atoms with van der Waals surface area (Å²) in [5, 5.41) is 0. The number of hydrogen-bond donors (Lipinski definition) is 0. The molecular weight excluding hydrogens is 268 g/mol. The van der Waals surface area contributed by atoms with E-state index in [1.165, 1.54) is 37.9 Å². The number of anilines is 1. The van der Waals surface area contributed by atoms with Crippen LogP contribution >= 0.6 is 0 Å². The fraction of sp³-hybridized carbons (Fsp3) is 0.700. The van der Waals surface area contributed by atoms with Crippen LogP contribution in [0.1, 0.15) is 38.2 Å². The van der Waals surface area contributed by atoms with Gasteiger partial charge in [0.2, 0.25) is 0 Å². The monoisotopic (exact) mass is 294 g/mol. The van der Waals surface area contributed by atoms with Gasteiger partial charge in [0.15, 0.2) is 0 Å². The maximum Gasteiger partial charge on any atom is 0.0540 e. The zero-order chi connectivity index (χ0) is 14.6. The summed E-state index contributed by atoms with van der Waals surface area (Å²) in [6.45, 7) is 3.81. The van der Waals surface area contributed by atoms with E-state index in [4.69, 9.17) is 0 Å². The smallest absolute Gasteiger partial charge is 0.0540 e. The van der Waals surface area contributed by atoms with E-state index in [9.17, 15) is 0 Å². The van der Waals surface area contributed by atoms with Crippen LogP contribution in [-0.4, -0.2) is 36.6 Å². The van der Waals surface area contributed by atoms with Crippen molar-refractivity contribution >= 4 is 5.69 Å². The normalized spacial score (nSPS) is 53.0. The van der Waals surface area contributed by atoms with E-state index in [1.807, 2.05) is 0 Å². The molecule has 3 unspecified atom stereocenters. The Labute approximate surface area is 133 Å². The fourth-order valence-corrected chi connectivity index (χ4v) is 7.73. The van der Waals surface area contributed by atoms with Crippen molar-refractivity contribution in [2.45, 2.75) is 56.1 Å². The van der Waals surface area contributed by atoms with Crippen LogP contribution in [0, 0.1) is 17.8 Å². The van der Waals surface area contributed by atoms with E-state index in [0.717, 1.165) is 35.9 Å². The van der Waals surface area contributed by atoms with Crippen molar-refractivity contribution in [2.75, 3.05) is 18.5 Å². The molecule has 0 radical (unpaired) electrons. The molecule has 0 aromatic heterocycles. The Hall–Kier alpha value is -1.02. The highest BCUT2D eigenvalue weighted by Gasteiger charge is 2.70. The number of likely N-dealkylation sites (N-methyl/N-ethyl adjacent to an activating group) is 1. The van der Waals surface area contributed by atoms with Crippen LogP contribution in [0.5, 0.6) is 0 Å². The van der Waals surface area contributed by atoms with Crippen LogP contribution in [0.3, 0.4) is 0 Å². The number of hydrogen-bond acceptors (Lipinski definition) is 2. The molecule has 5 heterocycles. The van der Waals surface area contributed by atoms with Gasteiger partial charge in [0.25, 0.3) is 0 Å². The minimum absolute atomic E-state index is 0.485. The van der Waals surface area contributed by atoms with Gasteiger partial charge in [-0.3, -0.25) is 4.90 Å². The molecule has 0 N–H and O–H groups in total. The van der Waals surface area contributed by atoms with Crippen LogP contribution in [-0.2, 0) is 5.41 Å². The summed E-state index contributed by atoms with van der Waals surface area (Å²) in [5.74, 6) is 2.99. The van der Waals surface area contributed by atoms with Gasteiger partial charge in [-0.2, -0.15) is 0 Å². The fourth-order valence-electron chi connectivity index (χ4n) is 7.73. The van der Waals surface area contributed by atoms with Crippen LogP contribution in [0.4, 0.5) is 5.69 Å². The number of nitrogens with zero attached hydrogens (tertiary/aromatic N) is 2. The first-order valence-electron chi connectivity index (χ1n) is 9.32. The average molecular weight is 294 g/mol. The molecular formula is C20H26N2. The standard InChI is InChI=1S/C20H26N2/c1-3-12-11-22-17-8-13(12)14-9-20(10-18(14)22)15-6-4-5-7-16(15)21(2)19(17)20/h4-7,12-14,17-19H,3,8-11H2,1-2H3/t12-,13+,14?,17+,18+,19?,20+/m1/s1. The molecule has 2 nitrogen and oxygen atoms in total. The zero-order valence-electron chi connectivity index (χ0n) is 13.7. The van der Waals surface area contributed by atoms with Crippen molar-refractivity contribution in [3.05, 3.63) is 29.8 Å². The zero-order valence-corrected chi connectivity index (χ0v) is 13.7. The SMILES string of the molecule is CC[C@@H]1CN2[C@H]3C[C@]45CC3[C@H]1C[C@H]2C4N(C)c1ccccc15. The molecule has 1 aromatic carbocycles. The van der Waals surface area contributed by atoms with Crippen molar-refractivity contribution in [2.24, 2.45) is 17.8 Å². The Bertz CT molecular complexity index is 655. The molecule has 7 rings (SSSR count). The summed E-state index contributed by atoms with van der Waals surface area (Å²) >= 11 is 0. The quantitative estimate of drug-likeness (QED) is 0.784. The van der Waals surface area contributed by atoms with Crippen LogP contribution in [0.15, 0.2) is 24.3 Å². The summed E-state index contributed by atoms with van der Waals surface area (Å²) in [7, 11) is 2.37. The molecule has 0 amide bonds. The minimum Gasteiger partial charge on any atom is -0.369 e. The second-order valence-electron chi connectivity index (χ2n) is 8.70. The van der Waals surface area contributed by atoms with Crippen LogP contribution in [0.2, 0.25) is 0 Å². The van der Waals surface area contributed by atoms with E-state index in [0.29, 0.717) is 5.41 Å². The first-order chi connectivity index (χ1) is 10.7. The maximum atomic E-state index is 2.97. The molecule has 6 aliphatic rings. The summed E-state index contributed by atoms with van der Waals surface area (Å²) in [6.07, 6.45) is 5.77. The molecule has 2 heteroatoms. The summed E-state index contributed by atoms with van der Waals surface area (Å²) in [4.78, 5) is 5.64. The lowest BCUT2D eigenvalue weighted by atomic mass is 9.63. The number of piperidine rings is 4. The second-order valence-corrected chi connectivity index (χ2v) is 8.70. The lowest BCUT2D eigenvalue weighted by Gasteiger charge is -2.60. The third-order valence-electron chi connectivity index (χ3n) is 8.33. The Morgan fingerprint density at radius 1 is 1.14 bits per heavy atom. The largest absolute Gasteiger partial charge is 0.369 e. The molecule has 116 valence electrons. The van der Waals surface area contributed by atoms with Crippen molar-refractivity contribution in [1.82, 2.24) is 4.90 Å². The van der Waals surface area contributed by atoms with Gasteiger partial charge < -0.3 is 4.90 Å². The van der Waals surface area contributed by atoms with E-state index in [2.05, 4.69) is 48.0 Å². The third-order valence-corrected chi connectivity index (χ3v) is 8.33. The van der Waals surface area contributed by atoms with E-state index in [1.54, 1.807) is 5.56 Å². The Balaban J connectivity index is 1.55. The highest BCUT2D eigenvalue weighted by molar-refractivity contribution is 5.66. The molecule has 1 spiro atoms. The number of rotatable bonds is 1. The van der Waals surface area contributed by atoms with Gasteiger partial charge in [-0.05, 0) is 48.6 Å². The Morgan fingerprint density at radius 2 is 2.00 bits per heavy atom. The first-order valence-corrected chi connectivity index (χ1v) is 9.32. The van der Waals surface area contributed by atoms with Crippen molar-refractivity contribution < 1.29 is 0 Å².